The van der Waals surface area contributed by atoms with Crippen molar-refractivity contribution in [2.75, 3.05) is 19.5 Å². The second kappa shape index (κ2) is 6.82. The van der Waals surface area contributed by atoms with Gasteiger partial charge < -0.3 is 14.8 Å². The van der Waals surface area contributed by atoms with Crippen molar-refractivity contribution in [1.29, 1.82) is 0 Å². The molecule has 1 heterocycles. The van der Waals surface area contributed by atoms with Gasteiger partial charge >= 0.3 is 0 Å². The van der Waals surface area contributed by atoms with E-state index in [-0.39, 0.29) is 5.91 Å². The van der Waals surface area contributed by atoms with Gasteiger partial charge in [0.05, 0.1) is 19.9 Å². The van der Waals surface area contributed by atoms with E-state index in [0.717, 1.165) is 5.69 Å². The zero-order chi connectivity index (χ0) is 16.9. The average molecular weight is 324 g/mol. The van der Waals surface area contributed by atoms with E-state index in [1.165, 1.54) is 6.33 Å². The SMILES string of the molecule is COc1cc(NC(=O)c2ccc(-n3cncn3)cc2)cc(OC)c1. The van der Waals surface area contributed by atoms with Crippen LogP contribution in [0.3, 0.4) is 0 Å². The molecule has 0 aliphatic heterocycles. The zero-order valence-electron chi connectivity index (χ0n) is 13.3. The van der Waals surface area contributed by atoms with Gasteiger partial charge in [0.15, 0.2) is 0 Å². The number of benzene rings is 2. The largest absolute Gasteiger partial charge is 0.497 e. The number of hydrogen-bond donors (Lipinski definition) is 1. The molecule has 24 heavy (non-hydrogen) atoms. The number of nitrogens with one attached hydrogen (secondary N) is 1. The smallest absolute Gasteiger partial charge is 0.255 e. The molecule has 0 aliphatic rings. The normalized spacial score (nSPS) is 10.2. The molecular weight excluding hydrogens is 308 g/mol. The summed E-state index contributed by atoms with van der Waals surface area (Å²) >= 11 is 0. The number of hydrogen-bond acceptors (Lipinski definition) is 5. The molecule has 0 aliphatic carbocycles. The molecule has 0 saturated heterocycles. The maximum absolute atomic E-state index is 12.4. The number of anilines is 1. The van der Waals surface area contributed by atoms with Crippen LogP contribution in [0.4, 0.5) is 5.69 Å². The van der Waals surface area contributed by atoms with Gasteiger partial charge in [0.1, 0.15) is 24.2 Å². The molecule has 1 amide bonds. The average Bonchev–Trinajstić information content (AvgIpc) is 3.16. The highest BCUT2D eigenvalue weighted by Crippen LogP contribution is 2.26. The van der Waals surface area contributed by atoms with Gasteiger partial charge in [0.2, 0.25) is 0 Å². The Hall–Kier alpha value is -3.35. The van der Waals surface area contributed by atoms with Crippen molar-refractivity contribution in [3.05, 3.63) is 60.7 Å². The van der Waals surface area contributed by atoms with Crippen LogP contribution in [0.5, 0.6) is 11.5 Å². The molecule has 0 spiro atoms. The molecule has 0 bridgehead atoms. The van der Waals surface area contributed by atoms with Crippen molar-refractivity contribution < 1.29 is 14.3 Å². The predicted molar refractivity (Wildman–Crippen MR) is 88.9 cm³/mol. The van der Waals surface area contributed by atoms with E-state index in [0.29, 0.717) is 22.7 Å². The second-order valence-corrected chi connectivity index (χ2v) is 4.94. The summed E-state index contributed by atoms with van der Waals surface area (Å²) < 4.78 is 12.0. The van der Waals surface area contributed by atoms with Crippen LogP contribution >= 0.6 is 0 Å². The molecule has 7 heteroatoms. The highest BCUT2D eigenvalue weighted by atomic mass is 16.5. The number of aromatic nitrogens is 3. The fraction of sp³-hybridized carbons (Fsp3) is 0.118. The minimum atomic E-state index is -0.226. The van der Waals surface area contributed by atoms with Crippen LogP contribution in [0.1, 0.15) is 10.4 Å². The Morgan fingerprint density at radius 1 is 1.04 bits per heavy atom. The fourth-order valence-electron chi connectivity index (χ4n) is 2.19. The molecule has 0 fully saturated rings. The molecule has 1 N–H and O–H groups in total. The quantitative estimate of drug-likeness (QED) is 0.780. The van der Waals surface area contributed by atoms with E-state index < -0.39 is 0 Å². The van der Waals surface area contributed by atoms with E-state index in [2.05, 4.69) is 15.4 Å². The first-order valence-corrected chi connectivity index (χ1v) is 7.19. The Kier molecular flexibility index (Phi) is 4.42. The number of methoxy groups -OCH3 is 2. The van der Waals surface area contributed by atoms with Crippen molar-refractivity contribution in [2.45, 2.75) is 0 Å². The topological polar surface area (TPSA) is 78.3 Å². The molecule has 3 aromatic rings. The lowest BCUT2D eigenvalue weighted by atomic mass is 10.2. The van der Waals surface area contributed by atoms with Gasteiger partial charge in [0.25, 0.3) is 5.91 Å². The number of carbonyl (C=O) groups is 1. The van der Waals surface area contributed by atoms with Crippen LogP contribution in [-0.2, 0) is 0 Å². The Balaban J connectivity index is 1.77. The van der Waals surface area contributed by atoms with Crippen LogP contribution in [-0.4, -0.2) is 34.9 Å². The summed E-state index contributed by atoms with van der Waals surface area (Å²) in [5.74, 6) is 0.979. The standard InChI is InChI=1S/C17H16N4O3/c1-23-15-7-13(8-16(9-15)24-2)20-17(22)12-3-5-14(6-4-12)21-11-18-10-19-21/h3-11H,1-2H3,(H,20,22). The maximum atomic E-state index is 12.4. The van der Waals surface area contributed by atoms with Gasteiger partial charge in [-0.2, -0.15) is 5.10 Å². The third-order valence-corrected chi connectivity index (χ3v) is 3.42. The molecule has 1 aromatic heterocycles. The second-order valence-electron chi connectivity index (χ2n) is 4.94. The van der Waals surface area contributed by atoms with Crippen molar-refractivity contribution >= 4 is 11.6 Å². The van der Waals surface area contributed by atoms with Crippen molar-refractivity contribution in [3.8, 4) is 17.2 Å². The zero-order valence-corrected chi connectivity index (χ0v) is 13.3. The lowest BCUT2D eigenvalue weighted by molar-refractivity contribution is 0.102. The van der Waals surface area contributed by atoms with Gasteiger partial charge in [-0.3, -0.25) is 4.79 Å². The molecule has 0 saturated carbocycles. The molecule has 122 valence electrons. The number of ether oxygens (including phenoxy) is 2. The van der Waals surface area contributed by atoms with Gasteiger partial charge in [-0.25, -0.2) is 9.67 Å². The Morgan fingerprint density at radius 2 is 1.71 bits per heavy atom. The highest BCUT2D eigenvalue weighted by Gasteiger charge is 2.09. The highest BCUT2D eigenvalue weighted by molar-refractivity contribution is 6.04. The lowest BCUT2D eigenvalue weighted by Gasteiger charge is -2.10. The third-order valence-electron chi connectivity index (χ3n) is 3.42. The molecule has 2 aromatic carbocycles. The van der Waals surface area contributed by atoms with Crippen molar-refractivity contribution in [2.24, 2.45) is 0 Å². The van der Waals surface area contributed by atoms with Crippen LogP contribution in [0.25, 0.3) is 5.69 Å². The predicted octanol–water partition coefficient (Wildman–Crippen LogP) is 2.54. The van der Waals surface area contributed by atoms with Crippen molar-refractivity contribution in [3.63, 3.8) is 0 Å². The minimum Gasteiger partial charge on any atom is -0.497 e. The van der Waals surface area contributed by atoms with Gasteiger partial charge in [0, 0.05) is 29.4 Å². The van der Waals surface area contributed by atoms with Crippen LogP contribution in [0.2, 0.25) is 0 Å². The van der Waals surface area contributed by atoms with Gasteiger partial charge in [-0.05, 0) is 24.3 Å². The number of carbonyl (C=O) groups excluding carboxylic acids is 1. The first-order valence-electron chi connectivity index (χ1n) is 7.19. The van der Waals surface area contributed by atoms with Gasteiger partial charge in [-0.15, -0.1) is 0 Å². The summed E-state index contributed by atoms with van der Waals surface area (Å²) in [6.45, 7) is 0. The minimum absolute atomic E-state index is 0.226. The van der Waals surface area contributed by atoms with E-state index in [1.807, 2.05) is 0 Å². The molecule has 0 radical (unpaired) electrons. The molecule has 7 nitrogen and oxygen atoms in total. The summed E-state index contributed by atoms with van der Waals surface area (Å²) in [5.41, 5.74) is 1.95. The summed E-state index contributed by atoms with van der Waals surface area (Å²) in [6, 6.07) is 12.2. The Labute approximate surface area is 138 Å². The molecule has 0 unspecified atom stereocenters. The van der Waals surface area contributed by atoms with Crippen molar-refractivity contribution in [1.82, 2.24) is 14.8 Å². The number of amides is 1. The number of rotatable bonds is 5. The summed E-state index contributed by atoms with van der Waals surface area (Å²) in [5, 5.41) is 6.87. The summed E-state index contributed by atoms with van der Waals surface area (Å²) in [6.07, 6.45) is 3.05. The van der Waals surface area contributed by atoms with Gasteiger partial charge in [-0.1, -0.05) is 0 Å². The molecule has 3 rings (SSSR count). The third kappa shape index (κ3) is 3.35. The van der Waals surface area contributed by atoms with E-state index >= 15 is 0 Å². The fourth-order valence-corrected chi connectivity index (χ4v) is 2.19. The van der Waals surface area contributed by atoms with E-state index in [1.54, 1.807) is 67.7 Å². The number of nitrogens with zero attached hydrogens (tertiary/aromatic N) is 3. The molecular formula is C17H16N4O3. The lowest BCUT2D eigenvalue weighted by Crippen LogP contribution is -2.12. The van der Waals surface area contributed by atoms with Crippen LogP contribution in [0, 0.1) is 0 Å². The maximum Gasteiger partial charge on any atom is 0.255 e. The summed E-state index contributed by atoms with van der Waals surface area (Å²) in [4.78, 5) is 16.3. The molecule has 0 atom stereocenters. The Morgan fingerprint density at radius 3 is 2.25 bits per heavy atom. The van der Waals surface area contributed by atoms with E-state index in [4.69, 9.17) is 9.47 Å². The first-order chi connectivity index (χ1) is 11.7. The van der Waals surface area contributed by atoms with Crippen LogP contribution in [0.15, 0.2) is 55.1 Å². The first kappa shape index (κ1) is 15.5. The Bertz CT molecular complexity index is 807. The summed E-state index contributed by atoms with van der Waals surface area (Å²) in [7, 11) is 3.12. The van der Waals surface area contributed by atoms with E-state index in [9.17, 15) is 4.79 Å². The van der Waals surface area contributed by atoms with Crippen LogP contribution < -0.4 is 14.8 Å². The monoisotopic (exact) mass is 324 g/mol.